The summed E-state index contributed by atoms with van der Waals surface area (Å²) in [7, 11) is 3.44. The summed E-state index contributed by atoms with van der Waals surface area (Å²) in [5.74, 6) is -1.03. The number of fused-ring (bicyclic) bond motifs is 2. The first-order valence-electron chi connectivity index (χ1n) is 11.6. The predicted octanol–water partition coefficient (Wildman–Crippen LogP) is 3.34. The molecule has 0 atom stereocenters. The van der Waals surface area contributed by atoms with E-state index in [2.05, 4.69) is 15.3 Å². The number of rotatable bonds is 6. The molecule has 0 unspecified atom stereocenters. The van der Waals surface area contributed by atoms with E-state index < -0.39 is 11.4 Å². The minimum absolute atomic E-state index is 0.0128. The van der Waals surface area contributed by atoms with Gasteiger partial charge in [0.1, 0.15) is 5.56 Å². The van der Waals surface area contributed by atoms with Crippen LogP contribution in [0.2, 0.25) is 0 Å². The van der Waals surface area contributed by atoms with E-state index in [9.17, 15) is 19.5 Å². The van der Waals surface area contributed by atoms with Crippen LogP contribution in [0.5, 0.6) is 0 Å². The highest BCUT2D eigenvalue weighted by molar-refractivity contribution is 5.92. The number of aryl methyl sites for hydroxylation is 2. The molecule has 2 aromatic carbocycles. The lowest BCUT2D eigenvalue weighted by atomic mass is 10.1. The number of benzene rings is 2. The Kier molecular flexibility index (Phi) is 5.97. The molecule has 0 saturated heterocycles. The molecular formula is C27H25N5O4. The molecular weight excluding hydrogens is 458 g/mol. The third-order valence-electron chi connectivity index (χ3n) is 6.40. The number of carboxylic acid groups (broad SMARTS) is 1. The van der Waals surface area contributed by atoms with Crippen molar-refractivity contribution in [2.75, 3.05) is 19.4 Å². The van der Waals surface area contributed by atoms with Crippen LogP contribution in [0.3, 0.4) is 0 Å². The molecule has 0 fully saturated rings. The SMILES string of the molecule is CN(C)C(=O)Cc1ccc(Nc2ncc3c(=O)c(C(=O)O)cn(-c4ccc5c(c4)CCC5)c3n2)cc1. The van der Waals surface area contributed by atoms with Gasteiger partial charge in [0, 0.05) is 37.9 Å². The van der Waals surface area contributed by atoms with E-state index in [-0.39, 0.29) is 22.8 Å². The van der Waals surface area contributed by atoms with E-state index in [1.807, 2.05) is 42.5 Å². The predicted molar refractivity (Wildman–Crippen MR) is 136 cm³/mol. The van der Waals surface area contributed by atoms with Crippen molar-refractivity contribution < 1.29 is 14.7 Å². The van der Waals surface area contributed by atoms with E-state index >= 15 is 0 Å². The van der Waals surface area contributed by atoms with Gasteiger partial charge in [0.2, 0.25) is 17.3 Å². The highest BCUT2D eigenvalue weighted by Gasteiger charge is 2.19. The van der Waals surface area contributed by atoms with Gasteiger partial charge in [-0.25, -0.2) is 9.78 Å². The maximum Gasteiger partial charge on any atom is 0.341 e. The van der Waals surface area contributed by atoms with Crippen molar-refractivity contribution in [1.29, 1.82) is 0 Å². The number of nitrogens with one attached hydrogen (secondary N) is 1. The largest absolute Gasteiger partial charge is 0.477 e. The second kappa shape index (κ2) is 9.26. The van der Waals surface area contributed by atoms with Gasteiger partial charge in [0.25, 0.3) is 0 Å². The van der Waals surface area contributed by atoms with E-state index in [0.29, 0.717) is 17.8 Å². The fourth-order valence-electron chi connectivity index (χ4n) is 4.40. The van der Waals surface area contributed by atoms with Crippen LogP contribution in [0.1, 0.15) is 33.5 Å². The molecule has 182 valence electrons. The molecule has 1 amide bonds. The van der Waals surface area contributed by atoms with E-state index in [1.165, 1.54) is 23.5 Å². The Morgan fingerprint density at radius 1 is 1.08 bits per heavy atom. The molecule has 2 N–H and O–H groups in total. The molecule has 1 aliphatic carbocycles. The summed E-state index contributed by atoms with van der Waals surface area (Å²) < 4.78 is 1.64. The number of carbonyl (C=O) groups is 2. The van der Waals surface area contributed by atoms with Crippen LogP contribution in [-0.2, 0) is 24.1 Å². The van der Waals surface area contributed by atoms with Gasteiger partial charge in [-0.15, -0.1) is 0 Å². The van der Waals surface area contributed by atoms with Crippen molar-refractivity contribution in [2.24, 2.45) is 0 Å². The summed E-state index contributed by atoms with van der Waals surface area (Å²) in [6.45, 7) is 0. The van der Waals surface area contributed by atoms with Crippen molar-refractivity contribution in [3.8, 4) is 5.69 Å². The molecule has 0 bridgehead atoms. The molecule has 5 rings (SSSR count). The minimum atomic E-state index is -1.30. The number of carboxylic acids is 1. The number of likely N-dealkylation sites (N-methyl/N-ethyl adjacent to an activating group) is 1. The van der Waals surface area contributed by atoms with Crippen LogP contribution in [0, 0.1) is 0 Å². The maximum atomic E-state index is 12.9. The average molecular weight is 484 g/mol. The van der Waals surface area contributed by atoms with Crippen molar-refractivity contribution in [2.45, 2.75) is 25.7 Å². The molecule has 2 heterocycles. The van der Waals surface area contributed by atoms with E-state index in [1.54, 1.807) is 23.6 Å². The minimum Gasteiger partial charge on any atom is -0.477 e. The molecule has 0 spiro atoms. The molecule has 9 heteroatoms. The molecule has 9 nitrogen and oxygen atoms in total. The van der Waals surface area contributed by atoms with Crippen molar-refractivity contribution >= 4 is 34.5 Å². The first-order valence-corrected chi connectivity index (χ1v) is 11.6. The number of aromatic nitrogens is 3. The molecule has 0 saturated carbocycles. The lowest BCUT2D eigenvalue weighted by Gasteiger charge is -2.14. The highest BCUT2D eigenvalue weighted by atomic mass is 16.4. The normalized spacial score (nSPS) is 12.4. The van der Waals surface area contributed by atoms with E-state index in [4.69, 9.17) is 0 Å². The molecule has 0 aliphatic heterocycles. The van der Waals surface area contributed by atoms with Crippen LogP contribution >= 0.6 is 0 Å². The standard InChI is InChI=1S/C27H25N5O4/c1-31(2)23(33)12-16-6-9-19(10-7-16)29-27-28-14-21-24(34)22(26(35)36)15-32(25(21)30-27)20-11-8-17-4-3-5-18(17)13-20/h6-11,13-15H,3-5,12H2,1-2H3,(H,35,36)(H,28,29,30). The van der Waals surface area contributed by atoms with Crippen molar-refractivity contribution in [3.05, 3.63) is 87.3 Å². The number of carbonyl (C=O) groups excluding carboxylic acids is 1. The summed E-state index contributed by atoms with van der Waals surface area (Å²) in [6, 6.07) is 13.4. The lowest BCUT2D eigenvalue weighted by Crippen LogP contribution is -2.23. The van der Waals surface area contributed by atoms with Gasteiger partial charge in [-0.3, -0.25) is 9.59 Å². The van der Waals surface area contributed by atoms with Crippen LogP contribution in [0.15, 0.2) is 59.7 Å². The monoisotopic (exact) mass is 483 g/mol. The Bertz CT molecular complexity index is 1560. The van der Waals surface area contributed by atoms with Gasteiger partial charge in [0.15, 0.2) is 5.65 Å². The highest BCUT2D eigenvalue weighted by Crippen LogP contribution is 2.26. The second-order valence-electron chi connectivity index (χ2n) is 9.07. The van der Waals surface area contributed by atoms with Crippen LogP contribution < -0.4 is 10.7 Å². The zero-order chi connectivity index (χ0) is 25.4. The fourth-order valence-corrected chi connectivity index (χ4v) is 4.40. The smallest absolute Gasteiger partial charge is 0.341 e. The third-order valence-corrected chi connectivity index (χ3v) is 6.40. The Labute approximate surface area is 207 Å². The number of amides is 1. The Balaban J connectivity index is 1.54. The number of hydrogen-bond donors (Lipinski definition) is 2. The van der Waals surface area contributed by atoms with Gasteiger partial charge in [-0.1, -0.05) is 18.2 Å². The topological polar surface area (TPSA) is 117 Å². The zero-order valence-corrected chi connectivity index (χ0v) is 20.0. The van der Waals surface area contributed by atoms with Gasteiger partial charge < -0.3 is 19.9 Å². The molecule has 2 aromatic heterocycles. The molecule has 0 radical (unpaired) electrons. The molecule has 4 aromatic rings. The van der Waals surface area contributed by atoms with Crippen molar-refractivity contribution in [1.82, 2.24) is 19.4 Å². The molecule has 36 heavy (non-hydrogen) atoms. The number of aromatic carboxylic acids is 1. The summed E-state index contributed by atoms with van der Waals surface area (Å²) >= 11 is 0. The zero-order valence-electron chi connectivity index (χ0n) is 20.0. The number of nitrogens with zero attached hydrogens (tertiary/aromatic N) is 4. The number of hydrogen-bond acceptors (Lipinski definition) is 6. The Hall–Kier alpha value is -4.53. The van der Waals surface area contributed by atoms with Crippen LogP contribution in [-0.4, -0.2) is 50.5 Å². The second-order valence-corrected chi connectivity index (χ2v) is 9.07. The first-order chi connectivity index (χ1) is 17.3. The van der Waals surface area contributed by atoms with Crippen LogP contribution in [0.4, 0.5) is 11.6 Å². The number of pyridine rings is 1. The van der Waals surface area contributed by atoms with Gasteiger partial charge in [-0.2, -0.15) is 4.98 Å². The number of anilines is 2. The summed E-state index contributed by atoms with van der Waals surface area (Å²) in [5, 5.41) is 12.9. The quantitative estimate of drug-likeness (QED) is 0.432. The Morgan fingerprint density at radius 3 is 2.56 bits per heavy atom. The fraction of sp³-hybridized carbons (Fsp3) is 0.222. The third kappa shape index (κ3) is 4.43. The first kappa shape index (κ1) is 23.2. The summed E-state index contributed by atoms with van der Waals surface area (Å²) in [6.07, 6.45) is 6.07. The maximum absolute atomic E-state index is 12.9. The van der Waals surface area contributed by atoms with Gasteiger partial charge in [-0.05, 0) is 60.2 Å². The van der Waals surface area contributed by atoms with Crippen LogP contribution in [0.25, 0.3) is 16.7 Å². The Morgan fingerprint density at radius 2 is 1.83 bits per heavy atom. The van der Waals surface area contributed by atoms with E-state index in [0.717, 1.165) is 30.5 Å². The van der Waals surface area contributed by atoms with Gasteiger partial charge >= 0.3 is 5.97 Å². The summed E-state index contributed by atoms with van der Waals surface area (Å²) in [4.78, 5) is 47.0. The average Bonchev–Trinajstić information content (AvgIpc) is 3.33. The van der Waals surface area contributed by atoms with Crippen molar-refractivity contribution in [3.63, 3.8) is 0 Å². The summed E-state index contributed by atoms with van der Waals surface area (Å²) in [5.41, 5.74) is 4.18. The van der Waals surface area contributed by atoms with Gasteiger partial charge in [0.05, 0.1) is 11.8 Å². The molecule has 1 aliphatic rings. The lowest BCUT2D eigenvalue weighted by molar-refractivity contribution is -0.127.